The van der Waals surface area contributed by atoms with Crippen LogP contribution >= 0.6 is 27.3 Å². The number of rotatable bonds is 5. The molecule has 3 rings (SSSR count). The molecule has 0 saturated heterocycles. The van der Waals surface area contributed by atoms with Crippen LogP contribution in [0.1, 0.15) is 15.9 Å². The zero-order valence-corrected chi connectivity index (χ0v) is 14.3. The van der Waals surface area contributed by atoms with Crippen LogP contribution in [-0.2, 0) is 6.54 Å². The maximum absolute atomic E-state index is 12.0. The lowest BCUT2D eigenvalue weighted by Gasteiger charge is -2.07. The number of nitrogens with zero attached hydrogens (tertiary/aromatic N) is 2. The Bertz CT molecular complexity index is 791. The first-order valence-corrected chi connectivity index (χ1v) is 8.43. The van der Waals surface area contributed by atoms with E-state index in [4.69, 9.17) is 4.74 Å². The predicted molar refractivity (Wildman–Crippen MR) is 91.7 cm³/mol. The van der Waals surface area contributed by atoms with Crippen LogP contribution in [0.25, 0.3) is 0 Å². The van der Waals surface area contributed by atoms with Crippen LogP contribution in [0.15, 0.2) is 58.8 Å². The number of hydrogen-bond acceptors (Lipinski definition) is 5. The van der Waals surface area contributed by atoms with Gasteiger partial charge in [-0.15, -0.1) is 0 Å². The van der Waals surface area contributed by atoms with E-state index in [0.717, 1.165) is 10.0 Å². The van der Waals surface area contributed by atoms with Gasteiger partial charge in [-0.3, -0.25) is 9.78 Å². The highest BCUT2D eigenvalue weighted by Gasteiger charge is 2.06. The molecule has 0 spiro atoms. The smallest absolute Gasteiger partial charge is 0.278 e. The first kappa shape index (κ1) is 15.6. The second-order valence-electron chi connectivity index (χ2n) is 4.62. The van der Waals surface area contributed by atoms with Crippen molar-refractivity contribution >= 4 is 33.2 Å². The molecule has 7 heteroatoms. The van der Waals surface area contributed by atoms with Crippen molar-refractivity contribution in [3.05, 3.63) is 69.9 Å². The SMILES string of the molecule is O=C(NCc1ccc(Oc2nccs2)cc1)c1cncc(Br)c1. The van der Waals surface area contributed by atoms with E-state index in [2.05, 4.69) is 31.2 Å². The molecular formula is C16H12BrN3O2S. The van der Waals surface area contributed by atoms with Crippen LogP contribution in [0.4, 0.5) is 0 Å². The zero-order valence-electron chi connectivity index (χ0n) is 11.9. The van der Waals surface area contributed by atoms with E-state index in [9.17, 15) is 4.79 Å². The van der Waals surface area contributed by atoms with Gasteiger partial charge in [-0.2, -0.15) is 0 Å². The van der Waals surface area contributed by atoms with Gasteiger partial charge in [0, 0.05) is 35.0 Å². The van der Waals surface area contributed by atoms with E-state index in [1.165, 1.54) is 17.5 Å². The highest BCUT2D eigenvalue weighted by molar-refractivity contribution is 9.10. The molecule has 2 aromatic heterocycles. The van der Waals surface area contributed by atoms with Gasteiger partial charge < -0.3 is 10.1 Å². The van der Waals surface area contributed by atoms with Gasteiger partial charge >= 0.3 is 0 Å². The minimum atomic E-state index is -0.165. The molecule has 0 aliphatic heterocycles. The van der Waals surface area contributed by atoms with Gasteiger partial charge in [-0.25, -0.2) is 4.98 Å². The average Bonchev–Trinajstić information content (AvgIpc) is 3.07. The number of pyridine rings is 1. The molecule has 0 aliphatic carbocycles. The van der Waals surface area contributed by atoms with Gasteiger partial charge in [0.25, 0.3) is 11.1 Å². The summed E-state index contributed by atoms with van der Waals surface area (Å²) in [4.78, 5) is 20.1. The largest absolute Gasteiger partial charge is 0.431 e. The molecule has 2 heterocycles. The van der Waals surface area contributed by atoms with Crippen molar-refractivity contribution in [1.29, 1.82) is 0 Å². The number of aromatic nitrogens is 2. The number of carbonyl (C=O) groups excluding carboxylic acids is 1. The normalized spacial score (nSPS) is 10.3. The molecule has 1 N–H and O–H groups in total. The molecule has 0 radical (unpaired) electrons. The van der Waals surface area contributed by atoms with Crippen LogP contribution in [0.2, 0.25) is 0 Å². The Balaban J connectivity index is 1.57. The fourth-order valence-electron chi connectivity index (χ4n) is 1.86. The van der Waals surface area contributed by atoms with Gasteiger partial charge in [0.05, 0.1) is 5.56 Å². The summed E-state index contributed by atoms with van der Waals surface area (Å²) >= 11 is 4.73. The fraction of sp³-hybridized carbons (Fsp3) is 0.0625. The minimum absolute atomic E-state index is 0.165. The standard InChI is InChI=1S/C16H12BrN3O2S/c17-13-7-12(9-18-10-13)15(21)20-8-11-1-3-14(4-2-11)22-16-19-5-6-23-16/h1-7,9-10H,8H2,(H,20,21). The Hall–Kier alpha value is -2.25. The van der Waals surface area contributed by atoms with Gasteiger partial charge in [0.15, 0.2) is 0 Å². The Morgan fingerprint density at radius 1 is 1.26 bits per heavy atom. The Kier molecular flexibility index (Phi) is 4.99. The minimum Gasteiger partial charge on any atom is -0.431 e. The van der Waals surface area contributed by atoms with E-state index in [-0.39, 0.29) is 5.91 Å². The number of carbonyl (C=O) groups is 1. The summed E-state index contributed by atoms with van der Waals surface area (Å²) in [7, 11) is 0. The van der Waals surface area contributed by atoms with Crippen molar-refractivity contribution in [2.45, 2.75) is 6.54 Å². The van der Waals surface area contributed by atoms with Crippen molar-refractivity contribution in [3.8, 4) is 10.9 Å². The summed E-state index contributed by atoms with van der Waals surface area (Å²) in [5.41, 5.74) is 1.50. The molecule has 116 valence electrons. The van der Waals surface area contributed by atoms with E-state index >= 15 is 0 Å². The average molecular weight is 390 g/mol. The summed E-state index contributed by atoms with van der Waals surface area (Å²) in [6.45, 7) is 0.433. The third-order valence-electron chi connectivity index (χ3n) is 2.96. The summed E-state index contributed by atoms with van der Waals surface area (Å²) in [5, 5.41) is 5.32. The van der Waals surface area contributed by atoms with E-state index in [1.54, 1.807) is 18.5 Å². The number of amides is 1. The topological polar surface area (TPSA) is 64.1 Å². The first-order valence-electron chi connectivity index (χ1n) is 6.76. The van der Waals surface area contributed by atoms with Gasteiger partial charge in [-0.1, -0.05) is 23.5 Å². The first-order chi connectivity index (χ1) is 11.2. The number of hydrogen-bond donors (Lipinski definition) is 1. The van der Waals surface area contributed by atoms with Gasteiger partial charge in [0.2, 0.25) is 0 Å². The van der Waals surface area contributed by atoms with Crippen LogP contribution in [0.5, 0.6) is 10.9 Å². The van der Waals surface area contributed by atoms with E-state index < -0.39 is 0 Å². The molecular weight excluding hydrogens is 378 g/mol. The van der Waals surface area contributed by atoms with Crippen LogP contribution in [0, 0.1) is 0 Å². The van der Waals surface area contributed by atoms with Crippen LogP contribution in [0.3, 0.4) is 0 Å². The molecule has 23 heavy (non-hydrogen) atoms. The summed E-state index contributed by atoms with van der Waals surface area (Å²) in [5.74, 6) is 0.549. The molecule has 1 amide bonds. The third-order valence-corrected chi connectivity index (χ3v) is 4.04. The Morgan fingerprint density at radius 2 is 2.09 bits per heavy atom. The maximum Gasteiger partial charge on any atom is 0.278 e. The van der Waals surface area contributed by atoms with E-state index in [0.29, 0.717) is 23.1 Å². The fourth-order valence-corrected chi connectivity index (χ4v) is 2.73. The number of ether oxygens (including phenoxy) is 1. The number of thiazole rings is 1. The number of halogens is 1. The van der Waals surface area contributed by atoms with Crippen LogP contribution in [-0.4, -0.2) is 15.9 Å². The Morgan fingerprint density at radius 3 is 2.78 bits per heavy atom. The summed E-state index contributed by atoms with van der Waals surface area (Å²) < 4.78 is 6.36. The molecule has 0 aliphatic rings. The van der Waals surface area contributed by atoms with Crippen molar-refractivity contribution in [1.82, 2.24) is 15.3 Å². The lowest BCUT2D eigenvalue weighted by molar-refractivity contribution is 0.0950. The van der Waals surface area contributed by atoms with Crippen molar-refractivity contribution in [2.24, 2.45) is 0 Å². The van der Waals surface area contributed by atoms with Crippen molar-refractivity contribution in [3.63, 3.8) is 0 Å². The molecule has 0 saturated carbocycles. The lowest BCUT2D eigenvalue weighted by atomic mass is 10.2. The molecule has 0 unspecified atom stereocenters. The lowest BCUT2D eigenvalue weighted by Crippen LogP contribution is -2.22. The van der Waals surface area contributed by atoms with Gasteiger partial charge in [0.1, 0.15) is 5.75 Å². The highest BCUT2D eigenvalue weighted by Crippen LogP contribution is 2.23. The maximum atomic E-state index is 12.0. The quantitative estimate of drug-likeness (QED) is 0.715. The van der Waals surface area contributed by atoms with Crippen LogP contribution < -0.4 is 10.1 Å². The Labute approximate surface area is 145 Å². The van der Waals surface area contributed by atoms with E-state index in [1.807, 2.05) is 29.6 Å². The monoisotopic (exact) mass is 389 g/mol. The second-order valence-corrected chi connectivity index (χ2v) is 6.39. The predicted octanol–water partition coefficient (Wildman–Crippen LogP) is 4.02. The number of benzene rings is 1. The van der Waals surface area contributed by atoms with Crippen molar-refractivity contribution in [2.75, 3.05) is 0 Å². The molecule has 3 aromatic rings. The molecule has 0 bridgehead atoms. The third kappa shape index (κ3) is 4.37. The van der Waals surface area contributed by atoms with Crippen molar-refractivity contribution < 1.29 is 9.53 Å². The molecule has 0 atom stereocenters. The highest BCUT2D eigenvalue weighted by atomic mass is 79.9. The summed E-state index contributed by atoms with van der Waals surface area (Å²) in [6, 6.07) is 9.24. The molecule has 5 nitrogen and oxygen atoms in total. The number of nitrogens with one attached hydrogen (secondary N) is 1. The second kappa shape index (κ2) is 7.34. The molecule has 1 aromatic carbocycles. The van der Waals surface area contributed by atoms with Gasteiger partial charge in [-0.05, 0) is 39.7 Å². The molecule has 0 fully saturated rings. The summed E-state index contributed by atoms with van der Waals surface area (Å²) in [6.07, 6.45) is 4.86. The zero-order chi connectivity index (χ0) is 16.1.